The van der Waals surface area contributed by atoms with Gasteiger partial charge in [-0.05, 0) is 79.2 Å². The third kappa shape index (κ3) is 7.07. The van der Waals surface area contributed by atoms with E-state index < -0.39 is 5.82 Å². The molecule has 41 heavy (non-hydrogen) atoms. The molecule has 5 rings (SSSR count). The van der Waals surface area contributed by atoms with E-state index in [1.165, 1.54) is 17.7 Å². The predicted molar refractivity (Wildman–Crippen MR) is 163 cm³/mol. The third-order valence-electron chi connectivity index (χ3n) is 6.86. The molecule has 0 spiro atoms. The number of amides is 2. The molecule has 1 aliphatic rings. The van der Waals surface area contributed by atoms with Crippen LogP contribution in [0, 0.1) is 5.82 Å². The van der Waals surface area contributed by atoms with Gasteiger partial charge in [-0.3, -0.25) is 9.59 Å². The highest BCUT2D eigenvalue weighted by atomic mass is 19.1. The van der Waals surface area contributed by atoms with Crippen LogP contribution >= 0.6 is 0 Å². The normalized spacial score (nSPS) is 13.5. The Bertz CT molecular complexity index is 1580. The molecule has 0 bridgehead atoms. The van der Waals surface area contributed by atoms with Gasteiger partial charge in [-0.2, -0.15) is 0 Å². The predicted octanol–water partition coefficient (Wildman–Crippen LogP) is 5.72. The van der Waals surface area contributed by atoms with Gasteiger partial charge in [0.2, 0.25) is 5.91 Å². The minimum atomic E-state index is -0.410. The van der Waals surface area contributed by atoms with Crippen LogP contribution in [0.4, 0.5) is 15.8 Å². The Labute approximate surface area is 239 Å². The summed E-state index contributed by atoms with van der Waals surface area (Å²) in [6, 6.07) is 30.0. The van der Waals surface area contributed by atoms with Crippen molar-refractivity contribution in [1.82, 2.24) is 10.2 Å². The lowest BCUT2D eigenvalue weighted by Crippen LogP contribution is -2.27. The fourth-order valence-corrected chi connectivity index (χ4v) is 4.95. The van der Waals surface area contributed by atoms with Crippen LogP contribution in [0.3, 0.4) is 0 Å². The quantitative estimate of drug-likeness (QED) is 0.222. The summed E-state index contributed by atoms with van der Waals surface area (Å²) in [6.45, 7) is 1.31. The summed E-state index contributed by atoms with van der Waals surface area (Å²) in [5, 5.41) is 9.28. The van der Waals surface area contributed by atoms with Crippen molar-refractivity contribution in [1.29, 1.82) is 0 Å². The maximum absolute atomic E-state index is 13.9. The zero-order valence-electron chi connectivity index (χ0n) is 23.2. The second-order valence-corrected chi connectivity index (χ2v) is 10.4. The molecule has 0 saturated carbocycles. The highest BCUT2D eigenvalue weighted by Crippen LogP contribution is 2.38. The van der Waals surface area contributed by atoms with E-state index in [9.17, 15) is 14.0 Å². The summed E-state index contributed by atoms with van der Waals surface area (Å²) in [4.78, 5) is 27.7. The maximum Gasteiger partial charge on any atom is 0.258 e. The number of nitrogens with zero attached hydrogens (tertiary/aromatic N) is 1. The monoisotopic (exact) mass is 548 g/mol. The average molecular weight is 549 g/mol. The molecule has 1 heterocycles. The van der Waals surface area contributed by atoms with E-state index in [0.29, 0.717) is 41.9 Å². The fourth-order valence-electron chi connectivity index (χ4n) is 4.95. The highest BCUT2D eigenvalue weighted by Gasteiger charge is 2.29. The number of carbonyl (C=O) groups is 2. The number of fused-ring (bicyclic) bond motifs is 1. The van der Waals surface area contributed by atoms with E-state index in [0.717, 1.165) is 28.9 Å². The summed E-state index contributed by atoms with van der Waals surface area (Å²) < 4.78 is 13.9. The molecule has 4 aromatic carbocycles. The van der Waals surface area contributed by atoms with Crippen LogP contribution in [0.5, 0.6) is 0 Å². The topological polar surface area (TPSA) is 73.5 Å². The molecule has 6 nitrogen and oxygen atoms in total. The Morgan fingerprint density at radius 1 is 0.854 bits per heavy atom. The SMILES string of the molecule is CN(C)Cc1ccc(N/C(=C2\C(=O)Nc3cc(F)ccc32)c2cccc(CCNC(=O)Cc3ccccc3)c2)cc1. The first-order chi connectivity index (χ1) is 19.9. The van der Waals surface area contributed by atoms with Crippen LogP contribution in [0.1, 0.15) is 27.8 Å². The molecule has 4 aromatic rings. The van der Waals surface area contributed by atoms with Crippen molar-refractivity contribution in [3.8, 4) is 0 Å². The van der Waals surface area contributed by atoms with Crippen molar-refractivity contribution >= 4 is 34.5 Å². The number of hydrogen-bond donors (Lipinski definition) is 3. The van der Waals surface area contributed by atoms with Gasteiger partial charge >= 0.3 is 0 Å². The third-order valence-corrected chi connectivity index (χ3v) is 6.86. The van der Waals surface area contributed by atoms with E-state index in [4.69, 9.17) is 0 Å². The molecule has 3 N–H and O–H groups in total. The summed E-state index contributed by atoms with van der Waals surface area (Å²) in [6.07, 6.45) is 0.966. The number of halogens is 1. The van der Waals surface area contributed by atoms with Crippen molar-refractivity contribution in [3.05, 3.63) is 131 Å². The lowest BCUT2D eigenvalue weighted by molar-refractivity contribution is -0.120. The Kier molecular flexibility index (Phi) is 8.56. The molecular weight excluding hydrogens is 515 g/mol. The molecular formula is C34H33FN4O2. The minimum absolute atomic E-state index is 0.0268. The summed E-state index contributed by atoms with van der Waals surface area (Å²) >= 11 is 0. The van der Waals surface area contributed by atoms with Crippen LogP contribution in [0.25, 0.3) is 11.3 Å². The average Bonchev–Trinajstić information content (AvgIpc) is 3.27. The van der Waals surface area contributed by atoms with Gasteiger partial charge in [0.05, 0.1) is 23.4 Å². The van der Waals surface area contributed by atoms with Crippen molar-refractivity contribution in [2.24, 2.45) is 0 Å². The maximum atomic E-state index is 13.9. The van der Waals surface area contributed by atoms with E-state index in [2.05, 4.69) is 33.0 Å². The Hall–Kier alpha value is -4.75. The lowest BCUT2D eigenvalue weighted by Gasteiger charge is -2.17. The van der Waals surface area contributed by atoms with Crippen molar-refractivity contribution in [2.75, 3.05) is 31.3 Å². The van der Waals surface area contributed by atoms with Gasteiger partial charge in [-0.15, -0.1) is 0 Å². The van der Waals surface area contributed by atoms with Gasteiger partial charge < -0.3 is 20.9 Å². The Morgan fingerprint density at radius 2 is 1.61 bits per heavy atom. The number of nitrogens with one attached hydrogen (secondary N) is 3. The van der Waals surface area contributed by atoms with E-state index in [1.54, 1.807) is 6.07 Å². The van der Waals surface area contributed by atoms with Gasteiger partial charge in [-0.1, -0.05) is 60.7 Å². The Morgan fingerprint density at radius 3 is 2.37 bits per heavy atom. The first-order valence-corrected chi connectivity index (χ1v) is 13.6. The first-order valence-electron chi connectivity index (χ1n) is 13.6. The smallest absolute Gasteiger partial charge is 0.258 e. The van der Waals surface area contributed by atoms with Gasteiger partial charge in [0.1, 0.15) is 5.82 Å². The van der Waals surface area contributed by atoms with Crippen LogP contribution in [-0.2, 0) is 29.0 Å². The van der Waals surface area contributed by atoms with Gasteiger partial charge in [-0.25, -0.2) is 4.39 Å². The number of hydrogen-bond acceptors (Lipinski definition) is 4. The second kappa shape index (κ2) is 12.6. The molecule has 0 radical (unpaired) electrons. The minimum Gasteiger partial charge on any atom is -0.355 e. The number of benzene rings is 4. The zero-order valence-corrected chi connectivity index (χ0v) is 23.2. The number of anilines is 2. The standard InChI is InChI=1S/C34H33FN4O2/c1-39(2)22-25-11-14-28(15-12-25)37-33(32-29-16-13-27(35)21-30(29)38-34(32)41)26-10-6-9-24(19-26)17-18-36-31(40)20-23-7-4-3-5-8-23/h3-16,19,21,37H,17-18,20,22H2,1-2H3,(H,36,40)(H,38,41)/b33-32-. The second-order valence-electron chi connectivity index (χ2n) is 10.4. The molecule has 1 aliphatic heterocycles. The molecule has 2 amide bonds. The molecule has 208 valence electrons. The van der Waals surface area contributed by atoms with Crippen molar-refractivity contribution < 1.29 is 14.0 Å². The molecule has 0 saturated heterocycles. The summed E-state index contributed by atoms with van der Waals surface area (Å²) in [5.74, 6) is -0.732. The number of rotatable bonds is 10. The fraction of sp³-hybridized carbons (Fsp3) is 0.176. The largest absolute Gasteiger partial charge is 0.355 e. The highest BCUT2D eigenvalue weighted by molar-refractivity contribution is 6.37. The van der Waals surface area contributed by atoms with E-state index >= 15 is 0 Å². The summed E-state index contributed by atoms with van der Waals surface area (Å²) in [7, 11) is 4.05. The molecule has 0 aliphatic carbocycles. The number of carbonyl (C=O) groups excluding carboxylic acids is 2. The molecule has 0 atom stereocenters. The molecule has 7 heteroatoms. The van der Waals surface area contributed by atoms with Crippen LogP contribution in [-0.4, -0.2) is 37.4 Å². The van der Waals surface area contributed by atoms with Crippen LogP contribution < -0.4 is 16.0 Å². The Balaban J connectivity index is 1.40. The van der Waals surface area contributed by atoms with E-state index in [1.807, 2.05) is 80.8 Å². The molecule has 0 aromatic heterocycles. The molecule has 0 unspecified atom stereocenters. The van der Waals surface area contributed by atoms with Crippen LogP contribution in [0.2, 0.25) is 0 Å². The van der Waals surface area contributed by atoms with Crippen LogP contribution in [0.15, 0.2) is 97.1 Å². The van der Waals surface area contributed by atoms with Gasteiger partial charge in [0.25, 0.3) is 5.91 Å². The zero-order chi connectivity index (χ0) is 28.8. The van der Waals surface area contributed by atoms with Gasteiger partial charge in [0.15, 0.2) is 0 Å². The lowest BCUT2D eigenvalue weighted by atomic mass is 9.98. The van der Waals surface area contributed by atoms with Gasteiger partial charge in [0, 0.05) is 24.3 Å². The van der Waals surface area contributed by atoms with E-state index in [-0.39, 0.29) is 11.8 Å². The summed E-state index contributed by atoms with van der Waals surface area (Å²) in [5.41, 5.74) is 6.97. The van der Waals surface area contributed by atoms with Crippen molar-refractivity contribution in [2.45, 2.75) is 19.4 Å². The van der Waals surface area contributed by atoms with Crippen molar-refractivity contribution in [3.63, 3.8) is 0 Å². The molecule has 0 fully saturated rings. The first kappa shape index (κ1) is 27.8.